The Bertz CT molecular complexity index is 274. The summed E-state index contributed by atoms with van der Waals surface area (Å²) in [6.07, 6.45) is 5.36. The third-order valence-corrected chi connectivity index (χ3v) is 3.96. The van der Waals surface area contributed by atoms with E-state index in [1.807, 2.05) is 0 Å². The van der Waals surface area contributed by atoms with Crippen molar-refractivity contribution in [2.75, 3.05) is 19.6 Å². The van der Waals surface area contributed by atoms with Crippen LogP contribution in [-0.2, 0) is 4.79 Å². The number of hydrogen-bond donors (Lipinski definition) is 2. The zero-order valence-corrected chi connectivity index (χ0v) is 14.4. The monoisotopic (exact) mass is 304 g/mol. The van der Waals surface area contributed by atoms with Crippen LogP contribution in [-0.4, -0.2) is 25.5 Å². The molecule has 120 valence electrons. The second-order valence-electron chi connectivity index (χ2n) is 7.27. The van der Waals surface area contributed by atoms with Crippen molar-refractivity contribution in [1.29, 1.82) is 0 Å². The normalized spacial score (nSPS) is 16.9. The molecule has 0 aromatic carbocycles. The molecule has 1 saturated heterocycles. The largest absolute Gasteiger partial charge is 0.356 e. The average Bonchev–Trinajstić information content (AvgIpc) is 2.34. The molecule has 1 aliphatic heterocycles. The Labute approximate surface area is 131 Å². The lowest BCUT2D eigenvalue weighted by atomic mass is 9.84. The summed E-state index contributed by atoms with van der Waals surface area (Å²) in [5, 5.41) is 6.48. The standard InChI is InChI=1S/C16H32N2O.ClH/c1-13(2)11-16(3,4)12-18-15(19)6-5-14-7-9-17-10-8-14;/h13-14,17H,5-12H2,1-4H3,(H,18,19);1H. The van der Waals surface area contributed by atoms with E-state index in [-0.39, 0.29) is 23.7 Å². The van der Waals surface area contributed by atoms with Crippen molar-refractivity contribution >= 4 is 18.3 Å². The average molecular weight is 305 g/mol. The molecule has 0 unspecified atom stereocenters. The summed E-state index contributed by atoms with van der Waals surface area (Å²) < 4.78 is 0. The fourth-order valence-corrected chi connectivity index (χ4v) is 3.11. The highest BCUT2D eigenvalue weighted by Crippen LogP contribution is 2.24. The molecule has 0 aliphatic carbocycles. The van der Waals surface area contributed by atoms with E-state index in [1.54, 1.807) is 0 Å². The van der Waals surface area contributed by atoms with Crippen molar-refractivity contribution in [2.45, 2.75) is 59.8 Å². The number of carbonyl (C=O) groups excluding carboxylic acids is 1. The van der Waals surface area contributed by atoms with Gasteiger partial charge >= 0.3 is 0 Å². The lowest BCUT2D eigenvalue weighted by Crippen LogP contribution is -2.35. The first-order valence-electron chi connectivity index (χ1n) is 7.86. The first-order chi connectivity index (χ1) is 8.89. The van der Waals surface area contributed by atoms with Crippen LogP contribution in [0.3, 0.4) is 0 Å². The van der Waals surface area contributed by atoms with Gasteiger partial charge in [-0.3, -0.25) is 4.79 Å². The smallest absolute Gasteiger partial charge is 0.220 e. The molecule has 0 atom stereocenters. The molecular formula is C16H33ClN2O. The van der Waals surface area contributed by atoms with Crippen LogP contribution in [0.5, 0.6) is 0 Å². The number of hydrogen-bond acceptors (Lipinski definition) is 2. The molecule has 4 heteroatoms. The maximum Gasteiger partial charge on any atom is 0.220 e. The highest BCUT2D eigenvalue weighted by atomic mass is 35.5. The van der Waals surface area contributed by atoms with Gasteiger partial charge in [-0.15, -0.1) is 12.4 Å². The van der Waals surface area contributed by atoms with E-state index < -0.39 is 0 Å². The summed E-state index contributed by atoms with van der Waals surface area (Å²) in [6.45, 7) is 12.0. The highest BCUT2D eigenvalue weighted by Gasteiger charge is 2.20. The predicted molar refractivity (Wildman–Crippen MR) is 88.3 cm³/mol. The van der Waals surface area contributed by atoms with E-state index in [9.17, 15) is 4.79 Å². The number of rotatable bonds is 7. The Morgan fingerprint density at radius 2 is 1.90 bits per heavy atom. The minimum atomic E-state index is 0. The third kappa shape index (κ3) is 8.80. The van der Waals surface area contributed by atoms with E-state index in [2.05, 4.69) is 38.3 Å². The first kappa shape index (κ1) is 19.7. The Kier molecular flexibility index (Phi) is 9.48. The van der Waals surface area contributed by atoms with Crippen molar-refractivity contribution in [3.05, 3.63) is 0 Å². The summed E-state index contributed by atoms with van der Waals surface area (Å²) in [7, 11) is 0. The van der Waals surface area contributed by atoms with Gasteiger partial charge in [0.1, 0.15) is 0 Å². The second-order valence-corrected chi connectivity index (χ2v) is 7.27. The Morgan fingerprint density at radius 1 is 1.30 bits per heavy atom. The molecule has 20 heavy (non-hydrogen) atoms. The maximum absolute atomic E-state index is 11.9. The van der Waals surface area contributed by atoms with Gasteiger partial charge in [-0.25, -0.2) is 0 Å². The second kappa shape index (κ2) is 9.62. The van der Waals surface area contributed by atoms with Crippen LogP contribution in [0.2, 0.25) is 0 Å². The van der Waals surface area contributed by atoms with Crippen LogP contribution in [0.25, 0.3) is 0 Å². The molecule has 0 bridgehead atoms. The zero-order valence-electron chi connectivity index (χ0n) is 13.6. The molecule has 2 N–H and O–H groups in total. The Hall–Kier alpha value is -0.280. The van der Waals surface area contributed by atoms with E-state index in [4.69, 9.17) is 0 Å². The van der Waals surface area contributed by atoms with Crippen LogP contribution in [0, 0.1) is 17.3 Å². The van der Waals surface area contributed by atoms with Crippen LogP contribution < -0.4 is 10.6 Å². The summed E-state index contributed by atoms with van der Waals surface area (Å²) in [6, 6.07) is 0. The summed E-state index contributed by atoms with van der Waals surface area (Å²) in [5.41, 5.74) is 0.207. The van der Waals surface area contributed by atoms with Crippen molar-refractivity contribution in [1.82, 2.24) is 10.6 Å². The van der Waals surface area contributed by atoms with Crippen LogP contribution in [0.4, 0.5) is 0 Å². The Morgan fingerprint density at radius 3 is 2.45 bits per heavy atom. The predicted octanol–water partition coefficient (Wildman–Crippen LogP) is 3.38. The molecule has 1 amide bonds. The van der Waals surface area contributed by atoms with Crippen molar-refractivity contribution < 1.29 is 4.79 Å². The number of nitrogens with one attached hydrogen (secondary N) is 2. The molecule has 1 aliphatic rings. The van der Waals surface area contributed by atoms with Gasteiger partial charge in [0.25, 0.3) is 0 Å². The number of carbonyl (C=O) groups is 1. The fraction of sp³-hybridized carbons (Fsp3) is 0.938. The third-order valence-electron chi connectivity index (χ3n) is 3.96. The van der Waals surface area contributed by atoms with Crippen LogP contribution >= 0.6 is 12.4 Å². The molecule has 1 fully saturated rings. The summed E-state index contributed by atoms with van der Waals surface area (Å²) >= 11 is 0. The fourth-order valence-electron chi connectivity index (χ4n) is 3.11. The van der Waals surface area contributed by atoms with Crippen LogP contribution in [0.15, 0.2) is 0 Å². The maximum atomic E-state index is 11.9. The molecule has 0 spiro atoms. The SMILES string of the molecule is CC(C)CC(C)(C)CNC(=O)CCC1CCNCC1.Cl. The number of amides is 1. The van der Waals surface area contributed by atoms with Gasteiger partial charge in [-0.2, -0.15) is 0 Å². The molecule has 0 radical (unpaired) electrons. The van der Waals surface area contributed by atoms with Gasteiger partial charge in [0.05, 0.1) is 0 Å². The first-order valence-corrected chi connectivity index (χ1v) is 7.86. The topological polar surface area (TPSA) is 41.1 Å². The van der Waals surface area contributed by atoms with Crippen LogP contribution in [0.1, 0.15) is 59.8 Å². The molecule has 1 rings (SSSR count). The quantitative estimate of drug-likeness (QED) is 0.757. The summed E-state index contributed by atoms with van der Waals surface area (Å²) in [4.78, 5) is 11.9. The van der Waals surface area contributed by atoms with Crippen molar-refractivity contribution in [3.63, 3.8) is 0 Å². The van der Waals surface area contributed by atoms with Gasteiger partial charge in [0.2, 0.25) is 5.91 Å². The van der Waals surface area contributed by atoms with Gasteiger partial charge in [0, 0.05) is 13.0 Å². The minimum Gasteiger partial charge on any atom is -0.356 e. The minimum absolute atomic E-state index is 0. The Balaban J connectivity index is 0.00000361. The van der Waals surface area contributed by atoms with E-state index in [0.717, 1.165) is 38.4 Å². The van der Waals surface area contributed by atoms with E-state index in [1.165, 1.54) is 12.8 Å². The van der Waals surface area contributed by atoms with Crippen molar-refractivity contribution in [3.8, 4) is 0 Å². The lowest BCUT2D eigenvalue weighted by Gasteiger charge is -2.27. The molecule has 0 saturated carbocycles. The molecule has 3 nitrogen and oxygen atoms in total. The van der Waals surface area contributed by atoms with E-state index >= 15 is 0 Å². The lowest BCUT2D eigenvalue weighted by molar-refractivity contribution is -0.121. The van der Waals surface area contributed by atoms with E-state index in [0.29, 0.717) is 12.3 Å². The molecule has 0 aromatic rings. The molecule has 1 heterocycles. The zero-order chi connectivity index (χ0) is 14.3. The van der Waals surface area contributed by atoms with Gasteiger partial charge < -0.3 is 10.6 Å². The number of piperidine rings is 1. The van der Waals surface area contributed by atoms with Crippen molar-refractivity contribution in [2.24, 2.45) is 17.3 Å². The molecular weight excluding hydrogens is 272 g/mol. The summed E-state index contributed by atoms with van der Waals surface area (Å²) in [5.74, 6) is 1.66. The highest BCUT2D eigenvalue weighted by molar-refractivity contribution is 5.85. The molecule has 0 aromatic heterocycles. The van der Waals surface area contributed by atoms with Gasteiger partial charge in [-0.05, 0) is 56.0 Å². The van der Waals surface area contributed by atoms with Gasteiger partial charge in [0.15, 0.2) is 0 Å². The number of halogens is 1. The van der Waals surface area contributed by atoms with Gasteiger partial charge in [-0.1, -0.05) is 27.7 Å².